The third-order valence-electron chi connectivity index (χ3n) is 6.74. The Morgan fingerprint density at radius 2 is 1.68 bits per heavy atom. The number of carbonyl (C=O) groups excluding carboxylic acids is 1. The number of amides is 1. The molecular weight excluding hydrogens is 455 g/mol. The minimum atomic E-state index is -3.71. The molecule has 0 aliphatic carbocycles. The van der Waals surface area contributed by atoms with Gasteiger partial charge in [-0.3, -0.25) is 0 Å². The van der Waals surface area contributed by atoms with Gasteiger partial charge >= 0.3 is 13.2 Å². The number of carbonyl (C=O) groups is 1. The summed E-state index contributed by atoms with van der Waals surface area (Å²) in [6, 6.07) is 5.18. The van der Waals surface area contributed by atoms with Crippen LogP contribution in [0, 0.1) is 12.8 Å². The number of piperidine rings is 1. The van der Waals surface area contributed by atoms with Crippen molar-refractivity contribution in [2.45, 2.75) is 89.9 Å². The lowest BCUT2D eigenvalue weighted by molar-refractivity contribution is 0.00578. The third-order valence-corrected chi connectivity index (χ3v) is 8.14. The molecule has 0 saturated carbocycles. The van der Waals surface area contributed by atoms with Crippen molar-refractivity contribution < 1.29 is 27.3 Å². The fraction of sp³-hybridized carbons (Fsp3) is 0.708. The van der Waals surface area contributed by atoms with Crippen molar-refractivity contribution in [2.75, 3.05) is 19.6 Å². The molecular formula is C24H39BN2O6S. The molecule has 0 unspecified atom stereocenters. The minimum Gasteiger partial charge on any atom is -0.444 e. The van der Waals surface area contributed by atoms with Gasteiger partial charge in [-0.05, 0) is 91.7 Å². The number of aryl methyl sites for hydroxylation is 1. The number of benzene rings is 1. The molecule has 1 amide bonds. The quantitative estimate of drug-likeness (QED) is 0.632. The van der Waals surface area contributed by atoms with Gasteiger partial charge in [-0.25, -0.2) is 17.9 Å². The first kappa shape index (κ1) is 27.0. The standard InChI is InChI=1S/C24H39BN2O6S/c1-17-13-19(25-32-23(5,6)24(7,8)33-25)15-20(14-17)34(29,30)26-16-18-9-11-27(12-10-18)21(28)31-22(2,3)4/h13-15,18,26H,9-12,16H2,1-8H3. The number of likely N-dealkylation sites (tertiary alicyclic amines) is 1. The van der Waals surface area contributed by atoms with Crippen molar-refractivity contribution in [3.05, 3.63) is 23.8 Å². The van der Waals surface area contributed by atoms with Gasteiger partial charge in [-0.1, -0.05) is 11.6 Å². The maximum Gasteiger partial charge on any atom is 0.494 e. The maximum atomic E-state index is 13.1. The Morgan fingerprint density at radius 3 is 2.21 bits per heavy atom. The van der Waals surface area contributed by atoms with Crippen molar-refractivity contribution in [3.63, 3.8) is 0 Å². The van der Waals surface area contributed by atoms with E-state index in [9.17, 15) is 13.2 Å². The Labute approximate surface area is 204 Å². The van der Waals surface area contributed by atoms with E-state index in [1.807, 2.05) is 61.5 Å². The van der Waals surface area contributed by atoms with E-state index in [0.29, 0.717) is 25.1 Å². The lowest BCUT2D eigenvalue weighted by Gasteiger charge is -2.33. The molecule has 10 heteroatoms. The Hall–Kier alpha value is -1.62. The van der Waals surface area contributed by atoms with Crippen LogP contribution in [0.4, 0.5) is 4.79 Å². The molecule has 190 valence electrons. The summed E-state index contributed by atoms with van der Waals surface area (Å²) in [4.78, 5) is 14.1. The fourth-order valence-corrected chi connectivity index (χ4v) is 5.26. The molecule has 2 aliphatic heterocycles. The van der Waals surface area contributed by atoms with Crippen LogP contribution in [0.1, 0.15) is 66.9 Å². The van der Waals surface area contributed by atoms with Crippen molar-refractivity contribution in [1.29, 1.82) is 0 Å². The van der Waals surface area contributed by atoms with E-state index >= 15 is 0 Å². The van der Waals surface area contributed by atoms with Crippen LogP contribution in [0.3, 0.4) is 0 Å². The van der Waals surface area contributed by atoms with Crippen LogP contribution in [0.2, 0.25) is 0 Å². The van der Waals surface area contributed by atoms with Crippen molar-refractivity contribution in [1.82, 2.24) is 9.62 Å². The molecule has 1 aromatic rings. The molecule has 34 heavy (non-hydrogen) atoms. The number of nitrogens with zero attached hydrogens (tertiary/aromatic N) is 1. The van der Waals surface area contributed by atoms with Crippen LogP contribution in [0.5, 0.6) is 0 Å². The fourth-order valence-electron chi connectivity index (χ4n) is 4.00. The summed E-state index contributed by atoms with van der Waals surface area (Å²) in [5.41, 5.74) is -0.0428. The van der Waals surface area contributed by atoms with Crippen molar-refractivity contribution >= 4 is 28.7 Å². The summed E-state index contributed by atoms with van der Waals surface area (Å²) in [7, 11) is -4.34. The average molecular weight is 494 g/mol. The molecule has 1 N–H and O–H groups in total. The van der Waals surface area contributed by atoms with E-state index in [-0.39, 0.29) is 16.9 Å². The second-order valence-electron chi connectivity index (χ2n) is 11.4. The zero-order valence-corrected chi connectivity index (χ0v) is 22.5. The highest BCUT2D eigenvalue weighted by Gasteiger charge is 2.51. The predicted octanol–water partition coefficient (Wildman–Crippen LogP) is 3.22. The molecule has 0 spiro atoms. The van der Waals surface area contributed by atoms with E-state index in [1.54, 1.807) is 17.0 Å². The zero-order chi connectivity index (χ0) is 25.5. The van der Waals surface area contributed by atoms with Gasteiger partial charge in [0.05, 0.1) is 16.1 Å². The predicted molar refractivity (Wildman–Crippen MR) is 133 cm³/mol. The third kappa shape index (κ3) is 6.33. The summed E-state index contributed by atoms with van der Waals surface area (Å²) in [6.07, 6.45) is 1.12. The first-order valence-electron chi connectivity index (χ1n) is 11.9. The molecule has 1 aromatic carbocycles. The SMILES string of the molecule is Cc1cc(B2OC(C)(C)C(C)(C)O2)cc(S(=O)(=O)NCC2CCN(C(=O)OC(C)(C)C)CC2)c1. The molecule has 0 atom stereocenters. The van der Waals surface area contributed by atoms with E-state index in [0.717, 1.165) is 18.4 Å². The summed E-state index contributed by atoms with van der Waals surface area (Å²) in [6.45, 7) is 16.7. The van der Waals surface area contributed by atoms with Crippen molar-refractivity contribution in [3.8, 4) is 0 Å². The number of hydrogen-bond acceptors (Lipinski definition) is 6. The second-order valence-corrected chi connectivity index (χ2v) is 13.2. The molecule has 2 aliphatic rings. The van der Waals surface area contributed by atoms with E-state index in [2.05, 4.69) is 4.72 Å². The van der Waals surface area contributed by atoms with E-state index in [4.69, 9.17) is 14.0 Å². The van der Waals surface area contributed by atoms with Crippen LogP contribution in [0.25, 0.3) is 0 Å². The lowest BCUT2D eigenvalue weighted by atomic mass is 9.78. The van der Waals surface area contributed by atoms with Gasteiger partial charge in [0.1, 0.15) is 5.60 Å². The van der Waals surface area contributed by atoms with Crippen LogP contribution in [0.15, 0.2) is 23.1 Å². The van der Waals surface area contributed by atoms with E-state index < -0.39 is 33.9 Å². The maximum absolute atomic E-state index is 13.1. The number of rotatable bonds is 5. The van der Waals surface area contributed by atoms with Gasteiger partial charge in [-0.2, -0.15) is 0 Å². The lowest BCUT2D eigenvalue weighted by Crippen LogP contribution is -2.43. The highest BCUT2D eigenvalue weighted by Crippen LogP contribution is 2.36. The van der Waals surface area contributed by atoms with Gasteiger partial charge < -0.3 is 18.9 Å². The number of ether oxygens (including phenoxy) is 1. The molecule has 2 fully saturated rings. The number of hydrogen-bond donors (Lipinski definition) is 1. The van der Waals surface area contributed by atoms with Crippen molar-refractivity contribution in [2.24, 2.45) is 5.92 Å². The van der Waals surface area contributed by atoms with Gasteiger partial charge in [0.2, 0.25) is 10.0 Å². The summed E-state index contributed by atoms with van der Waals surface area (Å²) >= 11 is 0. The van der Waals surface area contributed by atoms with Gasteiger partial charge in [0, 0.05) is 19.6 Å². The van der Waals surface area contributed by atoms with Gasteiger partial charge in [0.25, 0.3) is 0 Å². The van der Waals surface area contributed by atoms with Gasteiger partial charge in [0.15, 0.2) is 0 Å². The Morgan fingerprint density at radius 1 is 1.12 bits per heavy atom. The molecule has 2 saturated heterocycles. The normalized spacial score (nSPS) is 21.1. The topological polar surface area (TPSA) is 94.2 Å². The monoisotopic (exact) mass is 494 g/mol. The molecule has 3 rings (SSSR count). The summed E-state index contributed by atoms with van der Waals surface area (Å²) in [5.74, 6) is 0.154. The molecule has 0 aromatic heterocycles. The first-order valence-corrected chi connectivity index (χ1v) is 13.4. The molecule has 0 bridgehead atoms. The smallest absolute Gasteiger partial charge is 0.444 e. The highest BCUT2D eigenvalue weighted by molar-refractivity contribution is 7.89. The Bertz CT molecular complexity index is 995. The van der Waals surface area contributed by atoms with Gasteiger partial charge in [-0.15, -0.1) is 0 Å². The van der Waals surface area contributed by atoms with Crippen LogP contribution < -0.4 is 10.2 Å². The average Bonchev–Trinajstić information content (AvgIpc) is 2.92. The van der Waals surface area contributed by atoms with E-state index in [1.165, 1.54) is 0 Å². The summed E-state index contributed by atoms with van der Waals surface area (Å²) < 4.78 is 46.6. The first-order chi connectivity index (χ1) is 15.5. The molecule has 2 heterocycles. The largest absolute Gasteiger partial charge is 0.494 e. The van der Waals surface area contributed by atoms with Crippen LogP contribution in [-0.2, 0) is 24.1 Å². The number of nitrogens with one attached hydrogen (secondary N) is 1. The zero-order valence-electron chi connectivity index (χ0n) is 21.7. The second kappa shape index (κ2) is 9.45. The van der Waals surface area contributed by atoms with Crippen LogP contribution >= 0.6 is 0 Å². The highest BCUT2D eigenvalue weighted by atomic mass is 32.2. The molecule has 0 radical (unpaired) electrons. The Kier molecular flexibility index (Phi) is 7.50. The number of sulfonamides is 1. The van der Waals surface area contributed by atoms with Crippen LogP contribution in [-0.4, -0.2) is 63.0 Å². The minimum absolute atomic E-state index is 0.154. The Balaban J connectivity index is 1.62. The molecule has 8 nitrogen and oxygen atoms in total. The summed E-state index contributed by atoms with van der Waals surface area (Å²) in [5, 5.41) is 0.